The third kappa shape index (κ3) is 9.37. The average Bonchev–Trinajstić information content (AvgIpc) is 2.82. The van der Waals surface area contributed by atoms with Gasteiger partial charge in [-0.15, -0.1) is 0 Å². The van der Waals surface area contributed by atoms with E-state index in [1.54, 1.807) is 12.4 Å². The van der Waals surface area contributed by atoms with E-state index >= 15 is 0 Å². The zero-order valence-electron chi connectivity index (χ0n) is 20.3. The standard InChI is InChI=1S/C27H40N2O3/c1-5-7-8-9-10-11-16-31-25-18-28-26(29-19-25)24-14-12-23(13-15-24)17-22(4)27(30)32-20-21(3)6-2/h12-15,18-19,21-22H,5-11,16-17,20H2,1-4H3. The highest BCUT2D eigenvalue weighted by atomic mass is 16.5. The van der Waals surface area contributed by atoms with Gasteiger partial charge < -0.3 is 9.47 Å². The van der Waals surface area contributed by atoms with E-state index in [0.29, 0.717) is 37.1 Å². The smallest absolute Gasteiger partial charge is 0.308 e. The molecule has 0 fully saturated rings. The van der Waals surface area contributed by atoms with Crippen molar-refractivity contribution in [1.29, 1.82) is 0 Å². The van der Waals surface area contributed by atoms with E-state index in [9.17, 15) is 4.79 Å². The molecular formula is C27H40N2O3. The Balaban J connectivity index is 1.78. The fraction of sp³-hybridized carbons (Fsp3) is 0.593. The second-order valence-corrected chi connectivity index (χ2v) is 8.80. The summed E-state index contributed by atoms with van der Waals surface area (Å²) in [5.41, 5.74) is 2.05. The highest BCUT2D eigenvalue weighted by Gasteiger charge is 2.16. The van der Waals surface area contributed by atoms with Gasteiger partial charge >= 0.3 is 5.97 Å². The highest BCUT2D eigenvalue weighted by Crippen LogP contribution is 2.19. The van der Waals surface area contributed by atoms with Crippen LogP contribution in [-0.2, 0) is 16.0 Å². The van der Waals surface area contributed by atoms with E-state index < -0.39 is 0 Å². The summed E-state index contributed by atoms with van der Waals surface area (Å²) < 4.78 is 11.2. The molecule has 0 saturated carbocycles. The molecule has 0 spiro atoms. The summed E-state index contributed by atoms with van der Waals surface area (Å²) in [5.74, 6) is 1.49. The molecule has 0 aliphatic heterocycles. The number of hydrogen-bond acceptors (Lipinski definition) is 5. The van der Waals surface area contributed by atoms with Gasteiger partial charge in [-0.25, -0.2) is 9.97 Å². The van der Waals surface area contributed by atoms with Crippen LogP contribution < -0.4 is 4.74 Å². The molecule has 176 valence electrons. The van der Waals surface area contributed by atoms with Crippen molar-refractivity contribution in [2.45, 2.75) is 79.1 Å². The van der Waals surface area contributed by atoms with Crippen LogP contribution in [0.5, 0.6) is 5.75 Å². The minimum Gasteiger partial charge on any atom is -0.490 e. The van der Waals surface area contributed by atoms with Crippen LogP contribution in [0.2, 0.25) is 0 Å². The molecule has 1 heterocycles. The van der Waals surface area contributed by atoms with E-state index in [2.05, 4.69) is 30.7 Å². The molecular weight excluding hydrogens is 400 g/mol. The SMILES string of the molecule is CCCCCCCCOc1cnc(-c2ccc(CC(C)C(=O)OCC(C)CC)cc2)nc1. The Hall–Kier alpha value is -2.43. The molecule has 0 aliphatic rings. The maximum atomic E-state index is 12.2. The zero-order valence-corrected chi connectivity index (χ0v) is 20.3. The molecule has 2 rings (SSSR count). The fourth-order valence-corrected chi connectivity index (χ4v) is 3.32. The maximum absolute atomic E-state index is 12.2. The first-order chi connectivity index (χ1) is 15.5. The Morgan fingerprint density at radius 3 is 2.25 bits per heavy atom. The minimum absolute atomic E-state index is 0.130. The molecule has 2 unspecified atom stereocenters. The Kier molecular flexibility index (Phi) is 11.8. The van der Waals surface area contributed by atoms with Crippen molar-refractivity contribution in [2.24, 2.45) is 11.8 Å². The number of esters is 1. The molecule has 1 aromatic heterocycles. The van der Waals surface area contributed by atoms with Crippen molar-refractivity contribution >= 4 is 5.97 Å². The first kappa shape index (κ1) is 25.8. The molecule has 0 amide bonds. The Bertz CT molecular complexity index is 774. The molecule has 5 nitrogen and oxygen atoms in total. The minimum atomic E-state index is -0.163. The number of carbonyl (C=O) groups excluding carboxylic acids is 1. The molecule has 0 aliphatic carbocycles. The van der Waals surface area contributed by atoms with Gasteiger partial charge in [-0.3, -0.25) is 4.79 Å². The second-order valence-electron chi connectivity index (χ2n) is 8.80. The van der Waals surface area contributed by atoms with Crippen molar-refractivity contribution in [3.8, 4) is 17.1 Å². The number of unbranched alkanes of at least 4 members (excludes halogenated alkanes) is 5. The van der Waals surface area contributed by atoms with E-state index in [-0.39, 0.29) is 11.9 Å². The number of carbonyl (C=O) groups is 1. The first-order valence-electron chi connectivity index (χ1n) is 12.2. The fourth-order valence-electron chi connectivity index (χ4n) is 3.32. The largest absolute Gasteiger partial charge is 0.490 e. The molecule has 0 N–H and O–H groups in total. The zero-order chi connectivity index (χ0) is 23.2. The van der Waals surface area contributed by atoms with Gasteiger partial charge in [0.25, 0.3) is 0 Å². The van der Waals surface area contributed by atoms with Gasteiger partial charge in [0, 0.05) is 5.56 Å². The van der Waals surface area contributed by atoms with Gasteiger partial charge in [-0.05, 0) is 24.3 Å². The summed E-state index contributed by atoms with van der Waals surface area (Å²) in [6.07, 6.45) is 12.6. The van der Waals surface area contributed by atoms with Crippen LogP contribution >= 0.6 is 0 Å². The van der Waals surface area contributed by atoms with Crippen molar-refractivity contribution < 1.29 is 14.3 Å². The average molecular weight is 441 g/mol. The van der Waals surface area contributed by atoms with Crippen LogP contribution in [0.3, 0.4) is 0 Å². The molecule has 0 bridgehead atoms. The van der Waals surface area contributed by atoms with Crippen LogP contribution in [0.15, 0.2) is 36.7 Å². The van der Waals surface area contributed by atoms with Gasteiger partial charge in [0.2, 0.25) is 0 Å². The first-order valence-corrected chi connectivity index (χ1v) is 12.2. The number of rotatable bonds is 15. The van der Waals surface area contributed by atoms with Crippen LogP contribution in [0, 0.1) is 11.8 Å². The van der Waals surface area contributed by atoms with Gasteiger partial charge in [0.15, 0.2) is 11.6 Å². The van der Waals surface area contributed by atoms with Crippen LogP contribution in [0.4, 0.5) is 0 Å². The number of ether oxygens (including phenoxy) is 2. The van der Waals surface area contributed by atoms with E-state index in [1.807, 2.05) is 31.2 Å². The topological polar surface area (TPSA) is 61.3 Å². The summed E-state index contributed by atoms with van der Waals surface area (Å²) in [4.78, 5) is 21.1. The Morgan fingerprint density at radius 2 is 1.59 bits per heavy atom. The quantitative estimate of drug-likeness (QED) is 0.229. The predicted molar refractivity (Wildman–Crippen MR) is 130 cm³/mol. The lowest BCUT2D eigenvalue weighted by atomic mass is 10.00. The number of benzene rings is 1. The van der Waals surface area contributed by atoms with E-state index in [0.717, 1.165) is 24.0 Å². The summed E-state index contributed by atoms with van der Waals surface area (Å²) in [6, 6.07) is 8.05. The lowest BCUT2D eigenvalue weighted by Crippen LogP contribution is -2.19. The third-order valence-corrected chi connectivity index (χ3v) is 5.76. The van der Waals surface area contributed by atoms with Gasteiger partial charge in [0.05, 0.1) is 31.5 Å². The molecule has 2 atom stereocenters. The lowest BCUT2D eigenvalue weighted by Gasteiger charge is -2.14. The number of hydrogen-bond donors (Lipinski definition) is 0. The van der Waals surface area contributed by atoms with E-state index in [4.69, 9.17) is 9.47 Å². The number of aromatic nitrogens is 2. The third-order valence-electron chi connectivity index (χ3n) is 5.76. The lowest BCUT2D eigenvalue weighted by molar-refractivity contribution is -0.149. The van der Waals surface area contributed by atoms with Crippen molar-refractivity contribution in [3.05, 3.63) is 42.2 Å². The monoisotopic (exact) mass is 440 g/mol. The summed E-state index contributed by atoms with van der Waals surface area (Å²) >= 11 is 0. The van der Waals surface area contributed by atoms with Gasteiger partial charge in [-0.1, -0.05) is 90.5 Å². The van der Waals surface area contributed by atoms with Gasteiger partial charge in [0.1, 0.15) is 0 Å². The molecule has 5 heteroatoms. The highest BCUT2D eigenvalue weighted by molar-refractivity contribution is 5.72. The summed E-state index contributed by atoms with van der Waals surface area (Å²) in [6.45, 7) is 9.54. The van der Waals surface area contributed by atoms with Crippen molar-refractivity contribution in [3.63, 3.8) is 0 Å². The summed E-state index contributed by atoms with van der Waals surface area (Å²) in [7, 11) is 0. The number of nitrogens with zero attached hydrogens (tertiary/aromatic N) is 2. The van der Waals surface area contributed by atoms with Crippen molar-refractivity contribution in [1.82, 2.24) is 9.97 Å². The molecule has 32 heavy (non-hydrogen) atoms. The Labute approximate surface area is 194 Å². The van der Waals surface area contributed by atoms with Gasteiger partial charge in [-0.2, -0.15) is 0 Å². The van der Waals surface area contributed by atoms with Crippen molar-refractivity contribution in [2.75, 3.05) is 13.2 Å². The van der Waals surface area contributed by atoms with Crippen LogP contribution in [0.1, 0.15) is 78.2 Å². The predicted octanol–water partition coefficient (Wildman–Crippen LogP) is 6.65. The van der Waals surface area contributed by atoms with Crippen LogP contribution in [-0.4, -0.2) is 29.2 Å². The molecule has 0 saturated heterocycles. The van der Waals surface area contributed by atoms with E-state index in [1.165, 1.54) is 32.1 Å². The second kappa shape index (κ2) is 14.6. The summed E-state index contributed by atoms with van der Waals surface area (Å²) in [5, 5.41) is 0. The molecule has 0 radical (unpaired) electrons. The molecule has 1 aromatic carbocycles. The molecule has 2 aromatic rings. The maximum Gasteiger partial charge on any atom is 0.308 e. The Morgan fingerprint density at radius 1 is 0.938 bits per heavy atom. The normalized spacial score (nSPS) is 12.9. The van der Waals surface area contributed by atoms with Crippen LogP contribution in [0.25, 0.3) is 11.4 Å².